The molecule has 0 aliphatic heterocycles. The predicted octanol–water partition coefficient (Wildman–Crippen LogP) is 2.37. The van der Waals surface area contributed by atoms with E-state index >= 15 is 0 Å². The molecule has 0 radical (unpaired) electrons. The maximum atomic E-state index is 11.3. The Kier molecular flexibility index (Phi) is 5.99. The average molecular weight is 280 g/mol. The van der Waals surface area contributed by atoms with Crippen LogP contribution in [0.2, 0.25) is 0 Å². The molecule has 0 fully saturated rings. The topological polar surface area (TPSA) is 75.8 Å². The Labute approximate surface area is 118 Å². The Bertz CT molecular complexity index is 474. The molecular weight excluding hydrogens is 260 g/mol. The van der Waals surface area contributed by atoms with Gasteiger partial charge in [-0.1, -0.05) is 12.1 Å². The van der Waals surface area contributed by atoms with Crippen molar-refractivity contribution in [2.45, 2.75) is 20.0 Å². The molecule has 1 rings (SSSR count). The van der Waals surface area contributed by atoms with Crippen molar-refractivity contribution in [2.75, 3.05) is 24.6 Å². The molecule has 1 aromatic rings. The minimum atomic E-state index is -0.458. The number of ether oxygens (including phenoxy) is 1. The zero-order chi connectivity index (χ0) is 15.1. The van der Waals surface area contributed by atoms with Crippen molar-refractivity contribution < 1.29 is 14.8 Å². The predicted molar refractivity (Wildman–Crippen MR) is 78.4 cm³/mol. The summed E-state index contributed by atoms with van der Waals surface area (Å²) in [5.74, 6) is 0.231. The van der Waals surface area contributed by atoms with Gasteiger partial charge in [-0.15, -0.1) is 6.58 Å². The fourth-order valence-corrected chi connectivity index (χ4v) is 1.89. The van der Waals surface area contributed by atoms with E-state index in [1.807, 2.05) is 13.8 Å². The number of aliphatic hydroxyl groups excluding tert-OH is 1. The number of hydrogen-bond donors (Lipinski definition) is 1. The lowest BCUT2D eigenvalue weighted by Gasteiger charge is -2.23. The van der Waals surface area contributed by atoms with Gasteiger partial charge in [0.1, 0.15) is 5.69 Å². The maximum absolute atomic E-state index is 11.3. The Hall–Kier alpha value is -2.08. The second-order valence-electron chi connectivity index (χ2n) is 4.51. The Balaban J connectivity index is 3.29. The van der Waals surface area contributed by atoms with Gasteiger partial charge >= 0.3 is 5.69 Å². The Morgan fingerprint density at radius 1 is 1.55 bits per heavy atom. The van der Waals surface area contributed by atoms with Crippen LogP contribution in [0.1, 0.15) is 13.8 Å². The normalized spacial score (nSPS) is 10.4. The molecule has 1 N–H and O–H groups in total. The third-order valence-electron chi connectivity index (χ3n) is 2.58. The third-order valence-corrected chi connectivity index (χ3v) is 2.58. The number of para-hydroxylation sites is 1. The van der Waals surface area contributed by atoms with Gasteiger partial charge in [0, 0.05) is 13.1 Å². The maximum Gasteiger partial charge on any atom is 0.333 e. The van der Waals surface area contributed by atoms with Crippen LogP contribution in [0.15, 0.2) is 30.9 Å². The summed E-state index contributed by atoms with van der Waals surface area (Å²) in [6.07, 6.45) is 1.48. The van der Waals surface area contributed by atoms with Crippen LogP contribution in [0.3, 0.4) is 0 Å². The molecule has 6 nitrogen and oxygen atoms in total. The number of rotatable bonds is 8. The molecule has 0 saturated carbocycles. The van der Waals surface area contributed by atoms with E-state index in [1.54, 1.807) is 29.2 Å². The first-order chi connectivity index (χ1) is 9.51. The van der Waals surface area contributed by atoms with E-state index in [0.717, 1.165) is 0 Å². The first-order valence-electron chi connectivity index (χ1n) is 6.42. The van der Waals surface area contributed by atoms with Crippen LogP contribution in [-0.2, 0) is 0 Å². The number of benzene rings is 1. The molecule has 110 valence electrons. The minimum absolute atomic E-state index is 0.0866. The van der Waals surface area contributed by atoms with Crippen molar-refractivity contribution in [3.05, 3.63) is 41.0 Å². The van der Waals surface area contributed by atoms with Crippen LogP contribution in [0.4, 0.5) is 11.4 Å². The van der Waals surface area contributed by atoms with Crippen molar-refractivity contribution in [1.82, 2.24) is 0 Å². The van der Waals surface area contributed by atoms with Gasteiger partial charge in [-0.05, 0) is 26.0 Å². The van der Waals surface area contributed by atoms with Crippen LogP contribution in [0, 0.1) is 10.1 Å². The lowest BCUT2D eigenvalue weighted by atomic mass is 10.2. The summed E-state index contributed by atoms with van der Waals surface area (Å²) < 4.78 is 5.50. The molecule has 0 amide bonds. The quantitative estimate of drug-likeness (QED) is 0.449. The molecule has 0 aromatic heterocycles. The van der Waals surface area contributed by atoms with Gasteiger partial charge in [0.15, 0.2) is 5.75 Å². The zero-order valence-electron chi connectivity index (χ0n) is 11.8. The SMILES string of the molecule is C=CCN(CCO)c1cccc(OC(C)C)c1[N+](=O)[O-]. The summed E-state index contributed by atoms with van der Waals surface area (Å²) in [5, 5.41) is 20.4. The highest BCUT2D eigenvalue weighted by atomic mass is 16.6. The van der Waals surface area contributed by atoms with Crippen molar-refractivity contribution in [3.63, 3.8) is 0 Å². The molecule has 0 unspecified atom stereocenters. The molecule has 20 heavy (non-hydrogen) atoms. The van der Waals surface area contributed by atoms with Gasteiger partial charge in [-0.2, -0.15) is 0 Å². The van der Waals surface area contributed by atoms with Gasteiger partial charge in [0.05, 0.1) is 17.6 Å². The summed E-state index contributed by atoms with van der Waals surface area (Å²) in [4.78, 5) is 12.6. The number of nitro groups is 1. The highest BCUT2D eigenvalue weighted by Crippen LogP contribution is 2.37. The van der Waals surface area contributed by atoms with Crippen molar-refractivity contribution in [1.29, 1.82) is 0 Å². The van der Waals surface area contributed by atoms with Gasteiger partial charge in [-0.3, -0.25) is 10.1 Å². The summed E-state index contributed by atoms with van der Waals surface area (Å²) in [5.41, 5.74) is 0.332. The molecule has 0 atom stereocenters. The van der Waals surface area contributed by atoms with E-state index in [4.69, 9.17) is 9.84 Å². The highest BCUT2D eigenvalue weighted by molar-refractivity contribution is 5.70. The third kappa shape index (κ3) is 3.96. The smallest absolute Gasteiger partial charge is 0.333 e. The van der Waals surface area contributed by atoms with Crippen LogP contribution < -0.4 is 9.64 Å². The first-order valence-corrected chi connectivity index (χ1v) is 6.42. The number of nitrogens with zero attached hydrogens (tertiary/aromatic N) is 2. The summed E-state index contributed by atoms with van der Waals surface area (Å²) in [6.45, 7) is 7.85. The standard InChI is InChI=1S/C14H20N2O4/c1-4-8-15(9-10-17)12-6-5-7-13(20-11(2)3)14(12)16(18)19/h4-7,11,17H,1,8-10H2,2-3H3. The van der Waals surface area contributed by atoms with Crippen LogP contribution in [0.5, 0.6) is 5.75 Å². The van der Waals surface area contributed by atoms with Gasteiger partial charge in [-0.25, -0.2) is 0 Å². The Morgan fingerprint density at radius 2 is 2.25 bits per heavy atom. The zero-order valence-corrected chi connectivity index (χ0v) is 11.8. The number of hydrogen-bond acceptors (Lipinski definition) is 5. The fraction of sp³-hybridized carbons (Fsp3) is 0.429. The van der Waals surface area contributed by atoms with Crippen LogP contribution >= 0.6 is 0 Å². The van der Waals surface area contributed by atoms with Crippen LogP contribution in [0.25, 0.3) is 0 Å². The molecule has 1 aromatic carbocycles. The molecule has 0 saturated heterocycles. The second-order valence-corrected chi connectivity index (χ2v) is 4.51. The number of anilines is 1. The van der Waals surface area contributed by atoms with Gasteiger partial charge in [0.2, 0.25) is 0 Å². The molecule has 6 heteroatoms. The van der Waals surface area contributed by atoms with E-state index < -0.39 is 4.92 Å². The van der Waals surface area contributed by atoms with Crippen molar-refractivity contribution in [3.8, 4) is 5.75 Å². The monoisotopic (exact) mass is 280 g/mol. The summed E-state index contributed by atoms with van der Waals surface area (Å²) >= 11 is 0. The average Bonchev–Trinajstić information content (AvgIpc) is 2.37. The largest absolute Gasteiger partial charge is 0.484 e. The molecule has 0 aliphatic rings. The van der Waals surface area contributed by atoms with E-state index in [2.05, 4.69) is 6.58 Å². The fourth-order valence-electron chi connectivity index (χ4n) is 1.89. The molecule has 0 spiro atoms. The van der Waals surface area contributed by atoms with Crippen molar-refractivity contribution >= 4 is 11.4 Å². The lowest BCUT2D eigenvalue weighted by molar-refractivity contribution is -0.385. The van der Waals surface area contributed by atoms with Crippen molar-refractivity contribution in [2.24, 2.45) is 0 Å². The molecule has 0 heterocycles. The van der Waals surface area contributed by atoms with E-state index in [9.17, 15) is 10.1 Å². The highest BCUT2D eigenvalue weighted by Gasteiger charge is 2.24. The number of nitro benzene ring substituents is 1. The number of aliphatic hydroxyl groups is 1. The van der Waals surface area contributed by atoms with Gasteiger partial charge < -0.3 is 14.7 Å². The minimum Gasteiger partial charge on any atom is -0.484 e. The first kappa shape index (κ1) is 16.0. The van der Waals surface area contributed by atoms with Gasteiger partial charge in [0.25, 0.3) is 0 Å². The second kappa shape index (κ2) is 7.49. The molecule has 0 aliphatic carbocycles. The van der Waals surface area contributed by atoms with E-state index in [-0.39, 0.29) is 30.7 Å². The van der Waals surface area contributed by atoms with Crippen LogP contribution in [-0.4, -0.2) is 35.8 Å². The molecular formula is C14H20N2O4. The Morgan fingerprint density at radius 3 is 2.75 bits per heavy atom. The lowest BCUT2D eigenvalue weighted by Crippen LogP contribution is -2.27. The molecule has 0 bridgehead atoms. The van der Waals surface area contributed by atoms with E-state index in [1.165, 1.54) is 0 Å². The summed E-state index contributed by atoms with van der Waals surface area (Å²) in [6, 6.07) is 4.92. The van der Waals surface area contributed by atoms with E-state index in [0.29, 0.717) is 12.2 Å². The summed E-state index contributed by atoms with van der Waals surface area (Å²) in [7, 11) is 0.